The number of carbonyl (C=O) groups is 1. The number of halogens is 1. The largest absolute Gasteiger partial charge is 0.459 e. The maximum absolute atomic E-state index is 11.6. The molecule has 2 rings (SSSR count). The highest BCUT2D eigenvalue weighted by Crippen LogP contribution is 2.32. The molecule has 1 aliphatic rings. The molecule has 3 nitrogen and oxygen atoms in total. The third-order valence-electron chi connectivity index (χ3n) is 3.29. The Kier molecular flexibility index (Phi) is 5.42. The van der Waals surface area contributed by atoms with Gasteiger partial charge in [-0.05, 0) is 17.7 Å². The fourth-order valence-corrected chi connectivity index (χ4v) is 5.63. The third-order valence-corrected chi connectivity index (χ3v) is 7.61. The van der Waals surface area contributed by atoms with Gasteiger partial charge in [-0.1, -0.05) is 49.6 Å². The van der Waals surface area contributed by atoms with Crippen LogP contribution in [0.5, 0.6) is 0 Å². The predicted octanol–water partition coefficient (Wildman–Crippen LogP) is 3.61. The van der Waals surface area contributed by atoms with Gasteiger partial charge < -0.3 is 9.16 Å². The van der Waals surface area contributed by atoms with E-state index in [1.165, 1.54) is 6.42 Å². The summed E-state index contributed by atoms with van der Waals surface area (Å²) in [5.41, 5.74) is 0.978. The average Bonchev–Trinajstić information content (AvgIpc) is 2.45. The Morgan fingerprint density at radius 2 is 1.84 bits per heavy atom. The van der Waals surface area contributed by atoms with Crippen LogP contribution in [0.15, 0.2) is 30.3 Å². The topological polar surface area (TPSA) is 35.5 Å². The number of carbonyl (C=O) groups excluding carboxylic acids is 1. The van der Waals surface area contributed by atoms with Crippen molar-refractivity contribution >= 4 is 24.7 Å². The summed E-state index contributed by atoms with van der Waals surface area (Å²) >= 11 is 6.45. The van der Waals surface area contributed by atoms with Crippen LogP contribution < -0.4 is 0 Å². The van der Waals surface area contributed by atoms with Crippen molar-refractivity contribution in [2.24, 2.45) is 0 Å². The molecule has 1 saturated heterocycles. The molecule has 1 heterocycles. The summed E-state index contributed by atoms with van der Waals surface area (Å²) in [6.45, 7) is 0.280. The molecule has 0 unspecified atom stereocenters. The van der Waals surface area contributed by atoms with Gasteiger partial charge in [0.15, 0.2) is 0 Å². The van der Waals surface area contributed by atoms with Gasteiger partial charge in [0.05, 0.1) is 0 Å². The van der Waals surface area contributed by atoms with Gasteiger partial charge in [0.1, 0.15) is 13.2 Å². The Hall–Kier alpha value is -0.843. The first-order valence-corrected chi connectivity index (χ1v) is 10.0. The molecule has 0 bridgehead atoms. The molecule has 0 atom stereocenters. The Balaban J connectivity index is 1.70. The second kappa shape index (κ2) is 7.08. The highest BCUT2D eigenvalue weighted by molar-refractivity contribution is 7.16. The lowest BCUT2D eigenvalue weighted by molar-refractivity contribution is -0.147. The summed E-state index contributed by atoms with van der Waals surface area (Å²) in [5.74, 6) is -0.332. The third kappa shape index (κ3) is 4.97. The Morgan fingerprint density at radius 1 is 1.16 bits per heavy atom. The van der Waals surface area contributed by atoms with Crippen molar-refractivity contribution in [2.75, 3.05) is 6.61 Å². The molecule has 1 fully saturated rings. The number of esters is 1. The average molecular weight is 299 g/mol. The molecule has 5 heteroatoms. The predicted molar refractivity (Wildman–Crippen MR) is 77.3 cm³/mol. The molecule has 0 aromatic heterocycles. The SMILES string of the molecule is O=C(CO[Si]1(Cl)CCCCC1)OCc1ccccc1. The van der Waals surface area contributed by atoms with Crippen LogP contribution >= 0.6 is 11.1 Å². The summed E-state index contributed by atoms with van der Waals surface area (Å²) in [6, 6.07) is 11.5. The number of hydrogen-bond acceptors (Lipinski definition) is 3. The zero-order valence-electron chi connectivity index (χ0n) is 10.9. The summed E-state index contributed by atoms with van der Waals surface area (Å²) in [6.07, 6.45) is 3.47. The van der Waals surface area contributed by atoms with E-state index in [-0.39, 0.29) is 12.6 Å². The van der Waals surface area contributed by atoms with Crippen molar-refractivity contribution < 1.29 is 14.0 Å². The lowest BCUT2D eigenvalue weighted by atomic mass is 10.2. The second-order valence-corrected chi connectivity index (χ2v) is 10.0. The molecular formula is C14H19ClO3Si. The van der Waals surface area contributed by atoms with Crippen molar-refractivity contribution in [3.63, 3.8) is 0 Å². The summed E-state index contributed by atoms with van der Waals surface area (Å²) in [4.78, 5) is 11.6. The Labute approximate surface area is 119 Å². The van der Waals surface area contributed by atoms with Crippen LogP contribution in [0.3, 0.4) is 0 Å². The molecular weight excluding hydrogens is 280 g/mol. The molecule has 104 valence electrons. The van der Waals surface area contributed by atoms with Gasteiger partial charge in [0, 0.05) is 0 Å². The van der Waals surface area contributed by atoms with Crippen molar-refractivity contribution in [1.29, 1.82) is 0 Å². The molecule has 1 aliphatic heterocycles. The van der Waals surface area contributed by atoms with Gasteiger partial charge in [0.25, 0.3) is 7.63 Å². The maximum Gasteiger partial charge on any atom is 0.331 e. The molecule has 0 amide bonds. The van der Waals surface area contributed by atoms with Crippen molar-refractivity contribution in [3.8, 4) is 0 Å². The lowest BCUT2D eigenvalue weighted by Crippen LogP contribution is -2.36. The number of benzene rings is 1. The van der Waals surface area contributed by atoms with E-state index in [9.17, 15) is 4.79 Å². The molecule has 0 radical (unpaired) electrons. The minimum atomic E-state index is -2.14. The number of ether oxygens (including phenoxy) is 1. The highest BCUT2D eigenvalue weighted by Gasteiger charge is 2.35. The van der Waals surface area contributed by atoms with Gasteiger partial charge in [0.2, 0.25) is 0 Å². The van der Waals surface area contributed by atoms with E-state index in [4.69, 9.17) is 20.2 Å². The highest BCUT2D eigenvalue weighted by atomic mass is 35.6. The Bertz CT molecular complexity index is 404. The van der Waals surface area contributed by atoms with Crippen LogP contribution in [0.25, 0.3) is 0 Å². The minimum Gasteiger partial charge on any atom is -0.459 e. The standard InChI is InChI=1S/C14H19ClO3Si/c15-19(9-5-2-6-10-19)18-12-14(16)17-11-13-7-3-1-4-8-13/h1,3-4,7-8H,2,5-6,9-12H2. The zero-order chi connectivity index (χ0) is 13.6. The maximum atomic E-state index is 11.6. The number of rotatable bonds is 5. The van der Waals surface area contributed by atoms with Crippen LogP contribution in [0.2, 0.25) is 12.1 Å². The lowest BCUT2D eigenvalue weighted by Gasteiger charge is -2.27. The van der Waals surface area contributed by atoms with Gasteiger partial charge in [-0.3, -0.25) is 0 Å². The van der Waals surface area contributed by atoms with E-state index < -0.39 is 7.63 Å². The molecule has 0 aliphatic carbocycles. The van der Waals surface area contributed by atoms with Gasteiger partial charge >= 0.3 is 5.97 Å². The molecule has 1 aromatic rings. The first-order valence-electron chi connectivity index (χ1n) is 6.70. The van der Waals surface area contributed by atoms with E-state index in [1.807, 2.05) is 30.3 Å². The van der Waals surface area contributed by atoms with Gasteiger partial charge in [-0.25, -0.2) is 4.79 Å². The van der Waals surface area contributed by atoms with Crippen LogP contribution in [0, 0.1) is 0 Å². The molecule has 1 aromatic carbocycles. The molecule has 0 spiro atoms. The molecule has 0 saturated carbocycles. The first-order chi connectivity index (χ1) is 9.18. The first kappa shape index (κ1) is 14.6. The van der Waals surface area contributed by atoms with Crippen molar-refractivity contribution in [3.05, 3.63) is 35.9 Å². The normalized spacial score (nSPS) is 17.9. The summed E-state index contributed by atoms with van der Waals surface area (Å²) in [5, 5.41) is 0. The summed E-state index contributed by atoms with van der Waals surface area (Å²) < 4.78 is 10.8. The fourth-order valence-electron chi connectivity index (χ4n) is 2.19. The van der Waals surface area contributed by atoms with Crippen LogP contribution in [-0.2, 0) is 20.6 Å². The molecule has 0 N–H and O–H groups in total. The van der Waals surface area contributed by atoms with E-state index in [0.717, 1.165) is 30.5 Å². The molecule has 19 heavy (non-hydrogen) atoms. The summed E-state index contributed by atoms with van der Waals surface area (Å²) in [7, 11) is -2.14. The zero-order valence-corrected chi connectivity index (χ0v) is 12.7. The van der Waals surface area contributed by atoms with E-state index in [0.29, 0.717) is 6.61 Å². The van der Waals surface area contributed by atoms with Gasteiger partial charge in [-0.15, -0.1) is 11.1 Å². The number of hydrogen-bond donors (Lipinski definition) is 0. The van der Waals surface area contributed by atoms with Crippen LogP contribution in [0.4, 0.5) is 0 Å². The second-order valence-electron chi connectivity index (χ2n) is 4.88. The minimum absolute atomic E-state index is 0.0114. The van der Waals surface area contributed by atoms with E-state index in [1.54, 1.807) is 0 Å². The smallest absolute Gasteiger partial charge is 0.331 e. The quantitative estimate of drug-likeness (QED) is 0.473. The Morgan fingerprint density at radius 3 is 2.53 bits per heavy atom. The van der Waals surface area contributed by atoms with Crippen LogP contribution in [0.1, 0.15) is 24.8 Å². The monoisotopic (exact) mass is 298 g/mol. The van der Waals surface area contributed by atoms with E-state index >= 15 is 0 Å². The van der Waals surface area contributed by atoms with Crippen LogP contribution in [-0.4, -0.2) is 20.2 Å². The van der Waals surface area contributed by atoms with Crippen molar-refractivity contribution in [2.45, 2.75) is 38.0 Å². The fraction of sp³-hybridized carbons (Fsp3) is 0.500. The van der Waals surface area contributed by atoms with Crippen molar-refractivity contribution in [1.82, 2.24) is 0 Å². The van der Waals surface area contributed by atoms with E-state index in [2.05, 4.69) is 0 Å². The van der Waals surface area contributed by atoms with Gasteiger partial charge in [-0.2, -0.15) is 0 Å².